The zero-order chi connectivity index (χ0) is 15.5. The number of halogens is 1. The quantitative estimate of drug-likeness (QED) is 0.773. The van der Waals surface area contributed by atoms with Crippen LogP contribution in [0, 0.1) is 0 Å². The lowest BCUT2D eigenvalue weighted by Gasteiger charge is -2.07. The lowest BCUT2D eigenvalue weighted by molar-refractivity contribution is 0.102. The summed E-state index contributed by atoms with van der Waals surface area (Å²) in [7, 11) is -3.53. The minimum Gasteiger partial charge on any atom is -0.294 e. The molecule has 2 rings (SSSR count). The first-order valence-electron chi connectivity index (χ1n) is 6.24. The van der Waals surface area contributed by atoms with Crippen molar-refractivity contribution in [1.29, 1.82) is 0 Å². The molecule has 0 spiro atoms. The Morgan fingerprint density at radius 2 is 1.95 bits per heavy atom. The van der Waals surface area contributed by atoms with Crippen LogP contribution >= 0.6 is 27.3 Å². The van der Waals surface area contributed by atoms with E-state index in [4.69, 9.17) is 0 Å². The second-order valence-corrected chi connectivity index (χ2v) is 8.16. The van der Waals surface area contributed by atoms with Crippen LogP contribution in [0.2, 0.25) is 0 Å². The number of Topliss-reactive ketones (excluding diaryl/α,β-unsaturated/α-hetero) is 1. The summed E-state index contributed by atoms with van der Waals surface area (Å²) < 4.78 is 27.4. The lowest BCUT2D eigenvalue weighted by atomic mass is 10.3. The molecule has 1 aromatic heterocycles. The number of rotatable bonds is 6. The highest BCUT2D eigenvalue weighted by molar-refractivity contribution is 9.10. The summed E-state index contributed by atoms with van der Waals surface area (Å²) in [5, 5.41) is 0. The molecule has 112 valence electrons. The van der Waals surface area contributed by atoms with Crippen LogP contribution in [0.4, 0.5) is 0 Å². The van der Waals surface area contributed by atoms with Gasteiger partial charge in [0.05, 0.1) is 9.77 Å². The van der Waals surface area contributed by atoms with Crippen molar-refractivity contribution in [2.24, 2.45) is 0 Å². The van der Waals surface area contributed by atoms with Crippen molar-refractivity contribution in [1.82, 2.24) is 4.72 Å². The molecular formula is C14H14BrNO3S2. The van der Waals surface area contributed by atoms with Crippen molar-refractivity contribution in [3.8, 4) is 0 Å². The monoisotopic (exact) mass is 387 g/mol. The number of sulfonamides is 1. The van der Waals surface area contributed by atoms with E-state index in [1.54, 1.807) is 30.3 Å². The highest BCUT2D eigenvalue weighted by Gasteiger charge is 2.16. The average Bonchev–Trinajstić information content (AvgIpc) is 2.88. The third-order valence-corrected chi connectivity index (χ3v) is 6.52. The Kier molecular flexibility index (Phi) is 5.32. The number of carbonyl (C=O) groups is 1. The van der Waals surface area contributed by atoms with E-state index >= 15 is 0 Å². The Morgan fingerprint density at radius 3 is 2.57 bits per heavy atom. The van der Waals surface area contributed by atoms with Gasteiger partial charge in [0.25, 0.3) is 0 Å². The predicted octanol–water partition coefficient (Wildman–Crippen LogP) is 3.23. The SMILES string of the molecule is CC(=O)c1ccc(CCNS(=O)(=O)c2ccccc2Br)s1. The summed E-state index contributed by atoms with van der Waals surface area (Å²) in [5.74, 6) is 0.0278. The van der Waals surface area contributed by atoms with Crippen LogP contribution in [0.5, 0.6) is 0 Å². The summed E-state index contributed by atoms with van der Waals surface area (Å²) in [6.45, 7) is 1.81. The standard InChI is InChI=1S/C14H14BrNO3S2/c1-10(17)13-7-6-11(20-13)8-9-16-21(18,19)14-5-3-2-4-12(14)15/h2-7,16H,8-9H2,1H3. The fourth-order valence-electron chi connectivity index (χ4n) is 1.75. The van der Waals surface area contributed by atoms with Gasteiger partial charge in [-0.25, -0.2) is 13.1 Å². The Bertz CT molecular complexity index is 753. The molecule has 21 heavy (non-hydrogen) atoms. The topological polar surface area (TPSA) is 63.2 Å². The van der Waals surface area contributed by atoms with E-state index in [1.165, 1.54) is 18.3 Å². The largest absolute Gasteiger partial charge is 0.294 e. The molecule has 0 saturated heterocycles. The molecule has 0 amide bonds. The Balaban J connectivity index is 1.99. The second kappa shape index (κ2) is 6.83. The number of benzene rings is 1. The van der Waals surface area contributed by atoms with Gasteiger partial charge >= 0.3 is 0 Å². The molecule has 0 atom stereocenters. The van der Waals surface area contributed by atoms with Crippen LogP contribution in [0.15, 0.2) is 45.8 Å². The van der Waals surface area contributed by atoms with Crippen molar-refractivity contribution < 1.29 is 13.2 Å². The molecule has 0 radical (unpaired) electrons. The van der Waals surface area contributed by atoms with Gasteiger partial charge in [-0.2, -0.15) is 0 Å². The zero-order valence-corrected chi connectivity index (χ0v) is 14.5. The fraction of sp³-hybridized carbons (Fsp3) is 0.214. The maximum Gasteiger partial charge on any atom is 0.241 e. The van der Waals surface area contributed by atoms with Gasteiger partial charge in [0.15, 0.2) is 5.78 Å². The molecule has 0 bridgehead atoms. The molecule has 0 saturated carbocycles. The molecule has 2 aromatic rings. The van der Waals surface area contributed by atoms with Gasteiger partial charge in [0.1, 0.15) is 0 Å². The number of thiophene rings is 1. The molecule has 1 heterocycles. The molecule has 4 nitrogen and oxygen atoms in total. The molecule has 1 aromatic carbocycles. The number of hydrogen-bond acceptors (Lipinski definition) is 4. The highest BCUT2D eigenvalue weighted by Crippen LogP contribution is 2.21. The van der Waals surface area contributed by atoms with Gasteiger partial charge < -0.3 is 0 Å². The number of carbonyl (C=O) groups excluding carboxylic acids is 1. The molecule has 7 heteroatoms. The molecule has 0 fully saturated rings. The molecular weight excluding hydrogens is 374 g/mol. The van der Waals surface area contributed by atoms with Crippen LogP contribution in [0.3, 0.4) is 0 Å². The second-order valence-electron chi connectivity index (χ2n) is 4.40. The maximum atomic E-state index is 12.2. The highest BCUT2D eigenvalue weighted by atomic mass is 79.9. The molecule has 0 aliphatic heterocycles. The van der Waals surface area contributed by atoms with Gasteiger partial charge in [-0.05, 0) is 53.5 Å². The van der Waals surface area contributed by atoms with E-state index in [0.29, 0.717) is 22.3 Å². The third kappa shape index (κ3) is 4.23. The van der Waals surface area contributed by atoms with E-state index < -0.39 is 10.0 Å². The first kappa shape index (κ1) is 16.4. The van der Waals surface area contributed by atoms with Crippen LogP contribution in [-0.2, 0) is 16.4 Å². The van der Waals surface area contributed by atoms with Gasteiger partial charge in [-0.3, -0.25) is 4.79 Å². The first-order chi connectivity index (χ1) is 9.90. The summed E-state index contributed by atoms with van der Waals surface area (Å²) >= 11 is 4.63. The molecule has 0 unspecified atom stereocenters. The molecule has 1 N–H and O–H groups in total. The summed E-state index contributed by atoms with van der Waals surface area (Å²) in [5.41, 5.74) is 0. The van der Waals surface area contributed by atoms with E-state index in [-0.39, 0.29) is 10.7 Å². The van der Waals surface area contributed by atoms with Crippen molar-refractivity contribution in [3.05, 3.63) is 50.6 Å². The zero-order valence-electron chi connectivity index (χ0n) is 11.3. The van der Waals surface area contributed by atoms with Crippen molar-refractivity contribution >= 4 is 43.1 Å². The van der Waals surface area contributed by atoms with Gasteiger partial charge in [0, 0.05) is 15.9 Å². The molecule has 0 aliphatic rings. The number of ketones is 1. The Hall–Kier alpha value is -1.02. The molecule has 0 aliphatic carbocycles. The Labute approximate surface area is 136 Å². The van der Waals surface area contributed by atoms with Crippen LogP contribution < -0.4 is 4.72 Å². The van der Waals surface area contributed by atoms with E-state index in [1.807, 2.05) is 6.07 Å². The Morgan fingerprint density at radius 1 is 1.24 bits per heavy atom. The van der Waals surface area contributed by atoms with Crippen molar-refractivity contribution in [2.75, 3.05) is 6.54 Å². The van der Waals surface area contributed by atoms with Crippen molar-refractivity contribution in [2.45, 2.75) is 18.2 Å². The number of hydrogen-bond donors (Lipinski definition) is 1. The minimum absolute atomic E-state index is 0.0278. The van der Waals surface area contributed by atoms with E-state index in [9.17, 15) is 13.2 Å². The number of nitrogens with one attached hydrogen (secondary N) is 1. The third-order valence-electron chi connectivity index (χ3n) is 2.80. The normalized spacial score (nSPS) is 11.5. The van der Waals surface area contributed by atoms with Gasteiger partial charge in [0.2, 0.25) is 10.0 Å². The van der Waals surface area contributed by atoms with Crippen LogP contribution in [0.25, 0.3) is 0 Å². The summed E-state index contributed by atoms with van der Waals surface area (Å²) in [6.07, 6.45) is 0.557. The first-order valence-corrected chi connectivity index (χ1v) is 9.33. The van der Waals surface area contributed by atoms with Crippen molar-refractivity contribution in [3.63, 3.8) is 0 Å². The predicted molar refractivity (Wildman–Crippen MR) is 87.4 cm³/mol. The summed E-state index contributed by atoms with van der Waals surface area (Å²) in [6, 6.07) is 10.3. The van der Waals surface area contributed by atoms with Crippen LogP contribution in [0.1, 0.15) is 21.5 Å². The van der Waals surface area contributed by atoms with Gasteiger partial charge in [-0.15, -0.1) is 11.3 Å². The minimum atomic E-state index is -3.53. The lowest BCUT2D eigenvalue weighted by Crippen LogP contribution is -2.26. The average molecular weight is 388 g/mol. The maximum absolute atomic E-state index is 12.2. The summed E-state index contributed by atoms with van der Waals surface area (Å²) in [4.78, 5) is 13.1. The van der Waals surface area contributed by atoms with E-state index in [0.717, 1.165) is 4.88 Å². The van der Waals surface area contributed by atoms with Gasteiger partial charge in [-0.1, -0.05) is 12.1 Å². The fourth-order valence-corrected chi connectivity index (χ4v) is 4.69. The van der Waals surface area contributed by atoms with Crippen LogP contribution in [-0.4, -0.2) is 20.7 Å². The van der Waals surface area contributed by atoms with E-state index in [2.05, 4.69) is 20.7 Å². The smallest absolute Gasteiger partial charge is 0.241 e.